The number of allylic oxidation sites excluding steroid dienone is 1. The normalized spacial score (nSPS) is 21.6. The van der Waals surface area contributed by atoms with Crippen molar-refractivity contribution >= 4 is 6.08 Å². The second-order valence-electron chi connectivity index (χ2n) is 6.54. The van der Waals surface area contributed by atoms with Gasteiger partial charge in [0.15, 0.2) is 11.6 Å². The van der Waals surface area contributed by atoms with Gasteiger partial charge in [-0.3, -0.25) is 0 Å². The summed E-state index contributed by atoms with van der Waals surface area (Å²) in [7, 11) is 0. The molecule has 1 nitrogen and oxygen atoms in total. The van der Waals surface area contributed by atoms with Gasteiger partial charge in [-0.05, 0) is 56.1 Å². The molecule has 0 radical (unpaired) electrons. The Bertz CT molecular complexity index is 546. The summed E-state index contributed by atoms with van der Waals surface area (Å²) in [5.41, 5.74) is -0.307. The highest BCUT2D eigenvalue weighted by Crippen LogP contribution is 2.35. The van der Waals surface area contributed by atoms with Gasteiger partial charge in [-0.1, -0.05) is 38.0 Å². The van der Waals surface area contributed by atoms with Gasteiger partial charge < -0.3 is 4.74 Å². The highest BCUT2D eigenvalue weighted by atomic mass is 19.3. The van der Waals surface area contributed by atoms with Gasteiger partial charge in [0, 0.05) is 0 Å². The van der Waals surface area contributed by atoms with E-state index in [-0.39, 0.29) is 17.9 Å². The number of hydrogen-bond acceptors (Lipinski definition) is 1. The van der Waals surface area contributed by atoms with Crippen LogP contribution in [0.4, 0.5) is 13.2 Å². The van der Waals surface area contributed by atoms with E-state index >= 15 is 0 Å². The van der Waals surface area contributed by atoms with Gasteiger partial charge in [-0.15, -0.1) is 0 Å². The molecule has 24 heavy (non-hydrogen) atoms. The lowest BCUT2D eigenvalue weighted by Gasteiger charge is -2.26. The van der Waals surface area contributed by atoms with Gasteiger partial charge in [0.2, 0.25) is 0 Å². The third kappa shape index (κ3) is 4.78. The van der Waals surface area contributed by atoms with E-state index < -0.39 is 17.8 Å². The molecule has 1 aromatic carbocycles. The highest BCUT2D eigenvalue weighted by Gasteiger charge is 2.22. The summed E-state index contributed by atoms with van der Waals surface area (Å²) in [6, 6.07) is 2.96. The molecule has 0 aromatic heterocycles. The highest BCUT2D eigenvalue weighted by molar-refractivity contribution is 5.57. The van der Waals surface area contributed by atoms with Crippen molar-refractivity contribution in [3.63, 3.8) is 0 Å². The van der Waals surface area contributed by atoms with E-state index in [0.29, 0.717) is 5.92 Å². The maximum Gasteiger partial charge on any atom is 0.267 e. The predicted molar refractivity (Wildman–Crippen MR) is 91.9 cm³/mol. The fourth-order valence-electron chi connectivity index (χ4n) is 3.54. The van der Waals surface area contributed by atoms with Crippen molar-refractivity contribution in [1.29, 1.82) is 0 Å². The molecule has 1 saturated carbocycles. The van der Waals surface area contributed by atoms with E-state index in [1.54, 1.807) is 13.0 Å². The van der Waals surface area contributed by atoms with E-state index in [2.05, 4.69) is 6.92 Å². The molecule has 134 valence electrons. The molecule has 0 N–H and O–H groups in total. The number of rotatable bonds is 7. The molecule has 1 aromatic rings. The molecule has 0 atom stereocenters. The van der Waals surface area contributed by atoms with Gasteiger partial charge in [0.1, 0.15) is 0 Å². The van der Waals surface area contributed by atoms with Crippen LogP contribution in [0.5, 0.6) is 5.75 Å². The molecule has 0 amide bonds. The monoisotopic (exact) mass is 340 g/mol. The van der Waals surface area contributed by atoms with E-state index in [9.17, 15) is 13.2 Å². The standard InChI is InChI=1S/C20H27F3O/c1-3-5-14-6-8-15(9-7-14)10-11-16-12-13-17(24-4-2)19(21)18(16)20(22)23/h10-15,20H,3-9H2,1-2H3/b11-10+. The van der Waals surface area contributed by atoms with Crippen LogP contribution >= 0.6 is 0 Å². The molecule has 0 saturated heterocycles. The van der Waals surface area contributed by atoms with Gasteiger partial charge in [0.25, 0.3) is 6.43 Å². The van der Waals surface area contributed by atoms with Crippen LogP contribution in [0.15, 0.2) is 18.2 Å². The van der Waals surface area contributed by atoms with Gasteiger partial charge in [-0.25, -0.2) is 13.2 Å². The molecule has 0 bridgehead atoms. The van der Waals surface area contributed by atoms with Gasteiger partial charge >= 0.3 is 0 Å². The van der Waals surface area contributed by atoms with Crippen LogP contribution < -0.4 is 4.74 Å². The summed E-state index contributed by atoms with van der Waals surface area (Å²) < 4.78 is 45.9. The van der Waals surface area contributed by atoms with Crippen LogP contribution in [-0.2, 0) is 0 Å². The Morgan fingerprint density at radius 1 is 1.17 bits per heavy atom. The molecule has 1 aliphatic rings. The first-order valence-electron chi connectivity index (χ1n) is 8.98. The van der Waals surface area contributed by atoms with E-state index in [0.717, 1.165) is 18.8 Å². The molecule has 0 aliphatic heterocycles. The average molecular weight is 340 g/mol. The molecule has 0 heterocycles. The Morgan fingerprint density at radius 3 is 2.46 bits per heavy atom. The Labute approximate surface area is 142 Å². The fraction of sp³-hybridized carbons (Fsp3) is 0.600. The van der Waals surface area contributed by atoms with Crippen LogP contribution in [-0.4, -0.2) is 6.61 Å². The largest absolute Gasteiger partial charge is 0.491 e. The van der Waals surface area contributed by atoms with Crippen LogP contribution in [0.3, 0.4) is 0 Å². The van der Waals surface area contributed by atoms with Gasteiger partial charge in [-0.2, -0.15) is 0 Å². The maximum absolute atomic E-state index is 14.2. The molecule has 0 spiro atoms. The number of alkyl halides is 2. The predicted octanol–water partition coefficient (Wildman–Crippen LogP) is 6.78. The summed E-state index contributed by atoms with van der Waals surface area (Å²) in [5, 5.41) is 0. The minimum atomic E-state index is -2.86. The van der Waals surface area contributed by atoms with Crippen molar-refractivity contribution < 1.29 is 17.9 Å². The minimum absolute atomic E-state index is 0.106. The van der Waals surface area contributed by atoms with Gasteiger partial charge in [0.05, 0.1) is 12.2 Å². The summed E-state index contributed by atoms with van der Waals surface area (Å²) in [6.45, 7) is 4.15. The van der Waals surface area contributed by atoms with Crippen molar-refractivity contribution in [2.24, 2.45) is 11.8 Å². The topological polar surface area (TPSA) is 9.23 Å². The molecule has 4 heteroatoms. The number of benzene rings is 1. The Kier molecular flexibility index (Phi) is 7.19. The number of halogens is 3. The van der Waals surface area contributed by atoms with Crippen LogP contribution in [0.25, 0.3) is 6.08 Å². The number of hydrogen-bond donors (Lipinski definition) is 0. The molecular weight excluding hydrogens is 313 g/mol. The van der Waals surface area contributed by atoms with Crippen molar-refractivity contribution in [2.75, 3.05) is 6.61 Å². The van der Waals surface area contributed by atoms with Crippen LogP contribution in [0, 0.1) is 17.7 Å². The third-order valence-electron chi connectivity index (χ3n) is 4.83. The maximum atomic E-state index is 14.2. The van der Waals surface area contributed by atoms with Crippen molar-refractivity contribution in [2.45, 2.75) is 58.8 Å². The van der Waals surface area contributed by atoms with E-state index in [1.807, 2.05) is 6.08 Å². The summed E-state index contributed by atoms with van der Waals surface area (Å²) in [6.07, 6.45) is 7.84. The third-order valence-corrected chi connectivity index (χ3v) is 4.83. The first-order chi connectivity index (χ1) is 11.6. The zero-order valence-corrected chi connectivity index (χ0v) is 14.5. The Morgan fingerprint density at radius 2 is 1.88 bits per heavy atom. The van der Waals surface area contributed by atoms with Crippen molar-refractivity contribution in [3.05, 3.63) is 35.2 Å². The quantitative estimate of drug-likeness (QED) is 0.531. The first kappa shape index (κ1) is 18.9. The second-order valence-corrected chi connectivity index (χ2v) is 6.54. The Balaban J connectivity index is 2.10. The molecular formula is C20H27F3O. The zero-order chi connectivity index (χ0) is 17.5. The summed E-state index contributed by atoms with van der Waals surface area (Å²) >= 11 is 0. The SMILES string of the molecule is CCCC1CCC(/C=C/c2ccc(OCC)c(F)c2C(F)F)CC1. The first-order valence-corrected chi connectivity index (χ1v) is 8.98. The smallest absolute Gasteiger partial charge is 0.267 e. The molecule has 0 unspecified atom stereocenters. The minimum Gasteiger partial charge on any atom is -0.491 e. The van der Waals surface area contributed by atoms with E-state index in [4.69, 9.17) is 4.74 Å². The summed E-state index contributed by atoms with van der Waals surface area (Å²) in [4.78, 5) is 0. The fourth-order valence-corrected chi connectivity index (χ4v) is 3.54. The molecule has 1 aliphatic carbocycles. The molecule has 2 rings (SSSR count). The Hall–Kier alpha value is -1.45. The lowest BCUT2D eigenvalue weighted by atomic mass is 9.80. The average Bonchev–Trinajstić information content (AvgIpc) is 2.56. The second kappa shape index (κ2) is 9.14. The molecule has 1 fully saturated rings. The lowest BCUT2D eigenvalue weighted by molar-refractivity contribution is 0.144. The van der Waals surface area contributed by atoms with E-state index in [1.165, 1.54) is 37.8 Å². The van der Waals surface area contributed by atoms with Crippen LogP contribution in [0.2, 0.25) is 0 Å². The van der Waals surface area contributed by atoms with Crippen molar-refractivity contribution in [3.8, 4) is 5.75 Å². The summed E-state index contributed by atoms with van der Waals surface area (Å²) in [5.74, 6) is 0.156. The lowest BCUT2D eigenvalue weighted by Crippen LogP contribution is -2.12. The zero-order valence-electron chi connectivity index (χ0n) is 14.5. The van der Waals surface area contributed by atoms with Crippen molar-refractivity contribution in [1.82, 2.24) is 0 Å². The van der Waals surface area contributed by atoms with Crippen LogP contribution in [0.1, 0.15) is 69.9 Å². The number of ether oxygens (including phenoxy) is 1.